The average Bonchev–Trinajstić information content (AvgIpc) is 3.11. The van der Waals surface area contributed by atoms with Gasteiger partial charge in [0.05, 0.1) is 0 Å². The van der Waals surface area contributed by atoms with Gasteiger partial charge in [0.2, 0.25) is 0 Å². The van der Waals surface area contributed by atoms with E-state index in [1.54, 1.807) is 0 Å². The van der Waals surface area contributed by atoms with Crippen LogP contribution in [-0.4, -0.2) is 0 Å². The Labute approximate surface area is 189 Å². The second-order valence-corrected chi connectivity index (χ2v) is 16.5. The van der Waals surface area contributed by atoms with E-state index in [0.29, 0.717) is 0 Å². The quantitative estimate of drug-likeness (QED) is 0.318. The van der Waals surface area contributed by atoms with Crippen LogP contribution in [0.3, 0.4) is 0 Å². The zero-order valence-corrected chi connectivity index (χ0v) is 20.9. The van der Waals surface area contributed by atoms with Crippen molar-refractivity contribution in [1.82, 2.24) is 0 Å². The van der Waals surface area contributed by atoms with E-state index in [4.69, 9.17) is 17.0 Å². The number of halogens is 2. The molecule has 0 saturated heterocycles. The SMILES string of the molecule is CCCCC1=Cc2c(ccc(-c3ccccc3)c2-c2ccccc2C)[CH]1[Zr]([Cl])[Cl]. The summed E-state index contributed by atoms with van der Waals surface area (Å²) in [7, 11) is 13.4. The van der Waals surface area contributed by atoms with Gasteiger partial charge in [-0.3, -0.25) is 0 Å². The molecule has 0 bridgehead atoms. The Morgan fingerprint density at radius 1 is 0.862 bits per heavy atom. The molecule has 29 heavy (non-hydrogen) atoms. The molecule has 1 atom stereocenters. The third-order valence-electron chi connectivity index (χ3n) is 5.83. The molecule has 0 aromatic heterocycles. The second-order valence-electron chi connectivity index (χ2n) is 7.72. The van der Waals surface area contributed by atoms with Crippen LogP contribution in [0.1, 0.15) is 46.5 Å². The molecule has 0 N–H and O–H groups in total. The van der Waals surface area contributed by atoms with Crippen molar-refractivity contribution in [2.75, 3.05) is 0 Å². The van der Waals surface area contributed by atoms with Crippen LogP contribution in [0.4, 0.5) is 0 Å². The zero-order valence-electron chi connectivity index (χ0n) is 16.9. The second kappa shape index (κ2) is 9.34. The van der Waals surface area contributed by atoms with Gasteiger partial charge >= 0.3 is 190 Å². The van der Waals surface area contributed by atoms with E-state index in [2.05, 4.69) is 86.7 Å². The number of hydrogen-bond donors (Lipinski definition) is 0. The Balaban J connectivity index is 1.99. The maximum absolute atomic E-state index is 6.69. The molecule has 147 valence electrons. The first kappa shape index (κ1) is 21.1. The number of unbranched alkanes of at least 4 members (excludes halogenated alkanes) is 1. The molecule has 1 aliphatic rings. The Morgan fingerprint density at radius 3 is 2.28 bits per heavy atom. The van der Waals surface area contributed by atoms with E-state index >= 15 is 0 Å². The molecule has 1 unspecified atom stereocenters. The molecule has 3 heteroatoms. The van der Waals surface area contributed by atoms with Gasteiger partial charge in [0, 0.05) is 0 Å². The van der Waals surface area contributed by atoms with Crippen molar-refractivity contribution in [1.29, 1.82) is 0 Å². The number of aryl methyl sites for hydroxylation is 1. The molecule has 0 heterocycles. The molecule has 3 aromatic carbocycles. The van der Waals surface area contributed by atoms with Crippen molar-refractivity contribution in [2.45, 2.75) is 36.7 Å². The summed E-state index contributed by atoms with van der Waals surface area (Å²) >= 11 is -2.51. The van der Waals surface area contributed by atoms with Gasteiger partial charge in [0.15, 0.2) is 0 Å². The van der Waals surface area contributed by atoms with Crippen LogP contribution in [-0.2, 0) is 19.4 Å². The minimum atomic E-state index is -2.51. The van der Waals surface area contributed by atoms with Gasteiger partial charge in [-0.15, -0.1) is 0 Å². The summed E-state index contributed by atoms with van der Waals surface area (Å²) in [6.07, 6.45) is 5.87. The van der Waals surface area contributed by atoms with E-state index in [9.17, 15) is 0 Å². The van der Waals surface area contributed by atoms with Crippen LogP contribution in [0.25, 0.3) is 28.3 Å². The van der Waals surface area contributed by atoms with Crippen LogP contribution in [0, 0.1) is 6.92 Å². The van der Waals surface area contributed by atoms with E-state index in [-0.39, 0.29) is 3.63 Å². The first-order valence-corrected chi connectivity index (χ1v) is 18.0. The molecule has 0 saturated carbocycles. The normalized spacial score (nSPS) is 15.2. The molecular weight excluding hydrogens is 474 g/mol. The topological polar surface area (TPSA) is 0 Å². The molecule has 0 spiro atoms. The first-order chi connectivity index (χ1) is 14.1. The molecule has 0 fully saturated rings. The summed E-state index contributed by atoms with van der Waals surface area (Å²) in [6, 6.07) is 23.9. The summed E-state index contributed by atoms with van der Waals surface area (Å²) in [5.41, 5.74) is 10.5. The minimum absolute atomic E-state index is 0.273. The third-order valence-corrected chi connectivity index (χ3v) is 11.2. The van der Waals surface area contributed by atoms with Gasteiger partial charge in [0.1, 0.15) is 0 Å². The average molecular weight is 500 g/mol. The van der Waals surface area contributed by atoms with E-state index in [1.807, 2.05) is 0 Å². The Bertz CT molecular complexity index is 1040. The van der Waals surface area contributed by atoms with Crippen LogP contribution >= 0.6 is 17.0 Å². The molecule has 0 nitrogen and oxygen atoms in total. The summed E-state index contributed by atoms with van der Waals surface area (Å²) in [4.78, 5) is 0. The molecule has 3 aromatic rings. The Kier molecular flexibility index (Phi) is 6.80. The van der Waals surface area contributed by atoms with Gasteiger partial charge in [-0.25, -0.2) is 0 Å². The summed E-state index contributed by atoms with van der Waals surface area (Å²) in [5, 5.41) is 0. The molecule has 4 rings (SSSR count). The molecule has 0 amide bonds. The van der Waals surface area contributed by atoms with Crippen LogP contribution in [0.2, 0.25) is 0 Å². The summed E-state index contributed by atoms with van der Waals surface area (Å²) < 4.78 is 0.273. The molecule has 0 aliphatic heterocycles. The molecule has 0 radical (unpaired) electrons. The monoisotopic (exact) mass is 497 g/mol. The fourth-order valence-corrected chi connectivity index (χ4v) is 9.86. The van der Waals surface area contributed by atoms with Gasteiger partial charge in [-0.05, 0) is 0 Å². The van der Waals surface area contributed by atoms with Gasteiger partial charge in [-0.2, -0.15) is 0 Å². The van der Waals surface area contributed by atoms with Gasteiger partial charge < -0.3 is 0 Å². The van der Waals surface area contributed by atoms with Crippen LogP contribution in [0.5, 0.6) is 0 Å². The zero-order chi connectivity index (χ0) is 20.4. The number of rotatable bonds is 6. The maximum atomic E-state index is 6.69. The van der Waals surface area contributed by atoms with E-state index in [0.717, 1.165) is 6.42 Å². The Hall–Kier alpha value is -1.14. The van der Waals surface area contributed by atoms with Gasteiger partial charge in [0.25, 0.3) is 0 Å². The van der Waals surface area contributed by atoms with E-state index < -0.39 is 19.4 Å². The van der Waals surface area contributed by atoms with Crippen LogP contribution in [0.15, 0.2) is 72.3 Å². The summed E-state index contributed by atoms with van der Waals surface area (Å²) in [6.45, 7) is 4.44. The number of allylic oxidation sites excluding steroid dienone is 1. The fourth-order valence-electron chi connectivity index (χ4n) is 4.37. The van der Waals surface area contributed by atoms with E-state index in [1.165, 1.54) is 57.4 Å². The summed E-state index contributed by atoms with van der Waals surface area (Å²) in [5.74, 6) is 0. The molecule has 1 aliphatic carbocycles. The van der Waals surface area contributed by atoms with Gasteiger partial charge in [-0.1, -0.05) is 0 Å². The third kappa shape index (κ3) is 4.20. The number of fused-ring (bicyclic) bond motifs is 1. The Morgan fingerprint density at radius 2 is 1.59 bits per heavy atom. The van der Waals surface area contributed by atoms with Crippen molar-refractivity contribution >= 4 is 23.1 Å². The van der Waals surface area contributed by atoms with Crippen molar-refractivity contribution in [3.63, 3.8) is 0 Å². The standard InChI is InChI=1S/C26H25.2ClH.Zr/c1-3-4-11-20-17-22-15-16-24(21-12-6-5-7-13-21)26(25(22)18-20)23-14-9-8-10-19(23)2;;;/h5-10,12-18H,3-4,11H2,1-2H3;2*1H;/q;;;+2/p-2. The van der Waals surface area contributed by atoms with Crippen molar-refractivity contribution in [3.05, 3.63) is 89.0 Å². The van der Waals surface area contributed by atoms with Crippen molar-refractivity contribution in [3.8, 4) is 22.3 Å². The fraction of sp³-hybridized carbons (Fsp3) is 0.231. The van der Waals surface area contributed by atoms with Crippen LogP contribution < -0.4 is 0 Å². The number of hydrogen-bond acceptors (Lipinski definition) is 0. The number of benzene rings is 3. The van der Waals surface area contributed by atoms with Crippen molar-refractivity contribution < 1.29 is 19.4 Å². The predicted molar refractivity (Wildman–Crippen MR) is 124 cm³/mol. The predicted octanol–water partition coefficient (Wildman–Crippen LogP) is 8.88. The first-order valence-electron chi connectivity index (χ1n) is 10.3. The van der Waals surface area contributed by atoms with Crippen molar-refractivity contribution in [2.24, 2.45) is 0 Å². The molecular formula is C26H25Cl2Zr.